The van der Waals surface area contributed by atoms with Crippen LogP contribution >= 0.6 is 0 Å². The van der Waals surface area contributed by atoms with E-state index in [1.807, 2.05) is 6.08 Å². The van der Waals surface area contributed by atoms with Crippen LogP contribution in [0.3, 0.4) is 0 Å². The molecule has 1 saturated heterocycles. The van der Waals surface area contributed by atoms with Crippen LogP contribution in [0.25, 0.3) is 0 Å². The molecular weight excluding hydrogens is 144 g/mol. The first-order valence-corrected chi connectivity index (χ1v) is 3.82. The molecule has 0 saturated carbocycles. The lowest BCUT2D eigenvalue weighted by atomic mass is 10.1. The maximum atomic E-state index is 9.29. The fourth-order valence-electron chi connectivity index (χ4n) is 1.12. The van der Waals surface area contributed by atoms with E-state index in [-0.39, 0.29) is 6.10 Å². The molecule has 0 amide bonds. The van der Waals surface area contributed by atoms with Gasteiger partial charge >= 0.3 is 0 Å². The van der Waals surface area contributed by atoms with E-state index in [4.69, 9.17) is 4.89 Å². The Morgan fingerprint density at radius 1 is 1.82 bits per heavy atom. The van der Waals surface area contributed by atoms with Crippen LogP contribution in [0, 0.1) is 0 Å². The summed E-state index contributed by atoms with van der Waals surface area (Å²) < 4.78 is 0. The molecule has 1 aliphatic rings. The summed E-state index contributed by atoms with van der Waals surface area (Å²) >= 11 is 0. The SMILES string of the molecule is C=CCCC1CC(C)(O)OO1. The van der Waals surface area contributed by atoms with E-state index < -0.39 is 5.79 Å². The predicted molar refractivity (Wildman–Crippen MR) is 40.6 cm³/mol. The van der Waals surface area contributed by atoms with Gasteiger partial charge in [0, 0.05) is 6.42 Å². The molecule has 3 nitrogen and oxygen atoms in total. The Labute approximate surface area is 66.5 Å². The van der Waals surface area contributed by atoms with Crippen molar-refractivity contribution in [2.24, 2.45) is 0 Å². The lowest BCUT2D eigenvalue weighted by Gasteiger charge is -2.09. The molecular formula is C8H14O3. The molecule has 1 rings (SSSR count). The molecule has 2 unspecified atom stereocenters. The first kappa shape index (κ1) is 8.71. The highest BCUT2D eigenvalue weighted by atomic mass is 17.2. The Bertz CT molecular complexity index is 142. The van der Waals surface area contributed by atoms with E-state index in [0.29, 0.717) is 6.42 Å². The standard InChI is InChI=1S/C8H14O3/c1-3-4-5-7-6-8(2,9)11-10-7/h3,7,9H,1,4-6H2,2H3. The van der Waals surface area contributed by atoms with Gasteiger partial charge in [0.25, 0.3) is 0 Å². The van der Waals surface area contributed by atoms with Crippen LogP contribution < -0.4 is 0 Å². The summed E-state index contributed by atoms with van der Waals surface area (Å²) in [4.78, 5) is 9.54. The van der Waals surface area contributed by atoms with Crippen LogP contribution in [0.2, 0.25) is 0 Å². The van der Waals surface area contributed by atoms with Crippen molar-refractivity contribution in [2.75, 3.05) is 0 Å². The molecule has 1 N–H and O–H groups in total. The molecule has 3 heteroatoms. The van der Waals surface area contributed by atoms with E-state index >= 15 is 0 Å². The van der Waals surface area contributed by atoms with Gasteiger partial charge in [0.05, 0.1) is 6.10 Å². The minimum Gasteiger partial charge on any atom is -0.363 e. The Morgan fingerprint density at radius 2 is 2.55 bits per heavy atom. The third-order valence-corrected chi connectivity index (χ3v) is 1.66. The van der Waals surface area contributed by atoms with Crippen LogP contribution in [0.4, 0.5) is 0 Å². The third-order valence-electron chi connectivity index (χ3n) is 1.66. The maximum absolute atomic E-state index is 9.29. The minimum atomic E-state index is -1.09. The van der Waals surface area contributed by atoms with Crippen molar-refractivity contribution < 1.29 is 14.9 Å². The molecule has 1 heterocycles. The summed E-state index contributed by atoms with van der Waals surface area (Å²) in [5.74, 6) is -1.09. The second kappa shape index (κ2) is 3.34. The van der Waals surface area contributed by atoms with Gasteiger partial charge < -0.3 is 5.11 Å². The highest BCUT2D eigenvalue weighted by molar-refractivity contribution is 4.75. The summed E-state index contributed by atoms with van der Waals surface area (Å²) in [6, 6.07) is 0. The van der Waals surface area contributed by atoms with Crippen molar-refractivity contribution in [1.82, 2.24) is 0 Å². The molecule has 0 radical (unpaired) electrons. The number of rotatable bonds is 3. The monoisotopic (exact) mass is 158 g/mol. The zero-order chi connectivity index (χ0) is 8.32. The van der Waals surface area contributed by atoms with E-state index in [2.05, 4.69) is 11.5 Å². The first-order chi connectivity index (χ1) is 5.14. The molecule has 0 aliphatic carbocycles. The first-order valence-electron chi connectivity index (χ1n) is 3.82. The lowest BCUT2D eigenvalue weighted by Crippen LogP contribution is -2.21. The molecule has 0 aromatic carbocycles. The molecule has 0 spiro atoms. The van der Waals surface area contributed by atoms with Crippen LogP contribution in [-0.2, 0) is 9.78 Å². The molecule has 1 fully saturated rings. The highest BCUT2D eigenvalue weighted by Gasteiger charge is 2.35. The van der Waals surface area contributed by atoms with Crippen LogP contribution in [0.5, 0.6) is 0 Å². The van der Waals surface area contributed by atoms with Crippen LogP contribution in [0.15, 0.2) is 12.7 Å². The average Bonchev–Trinajstić information content (AvgIpc) is 2.26. The molecule has 0 aromatic rings. The average molecular weight is 158 g/mol. The minimum absolute atomic E-state index is 0.0167. The Hall–Kier alpha value is -0.380. The number of aliphatic hydroxyl groups is 1. The van der Waals surface area contributed by atoms with Crippen molar-refractivity contribution in [3.63, 3.8) is 0 Å². The topological polar surface area (TPSA) is 38.7 Å². The van der Waals surface area contributed by atoms with Crippen molar-refractivity contribution in [1.29, 1.82) is 0 Å². The summed E-state index contributed by atoms with van der Waals surface area (Å²) in [6.07, 6.45) is 4.14. The lowest BCUT2D eigenvalue weighted by molar-refractivity contribution is -0.372. The summed E-state index contributed by atoms with van der Waals surface area (Å²) in [7, 11) is 0. The second-order valence-corrected chi connectivity index (χ2v) is 3.05. The summed E-state index contributed by atoms with van der Waals surface area (Å²) in [5, 5.41) is 9.29. The zero-order valence-electron chi connectivity index (χ0n) is 6.75. The van der Waals surface area contributed by atoms with E-state index in [1.165, 1.54) is 0 Å². The maximum Gasteiger partial charge on any atom is 0.198 e. The quantitative estimate of drug-likeness (QED) is 0.498. The number of hydrogen-bond acceptors (Lipinski definition) is 3. The van der Waals surface area contributed by atoms with Crippen molar-refractivity contribution >= 4 is 0 Å². The predicted octanol–water partition coefficient (Wildman–Crippen LogP) is 1.38. The van der Waals surface area contributed by atoms with Gasteiger partial charge in [-0.05, 0) is 19.8 Å². The molecule has 1 aliphatic heterocycles. The van der Waals surface area contributed by atoms with Gasteiger partial charge in [-0.25, -0.2) is 9.78 Å². The summed E-state index contributed by atoms with van der Waals surface area (Å²) in [6.45, 7) is 5.20. The molecule has 11 heavy (non-hydrogen) atoms. The van der Waals surface area contributed by atoms with Crippen molar-refractivity contribution in [2.45, 2.75) is 38.1 Å². The van der Waals surface area contributed by atoms with Gasteiger partial charge in [-0.15, -0.1) is 6.58 Å². The van der Waals surface area contributed by atoms with Crippen molar-refractivity contribution in [3.05, 3.63) is 12.7 Å². The Morgan fingerprint density at radius 3 is 3.00 bits per heavy atom. The molecule has 64 valence electrons. The van der Waals surface area contributed by atoms with E-state index in [1.54, 1.807) is 6.92 Å². The number of hydrogen-bond donors (Lipinski definition) is 1. The fourth-order valence-corrected chi connectivity index (χ4v) is 1.12. The normalized spacial score (nSPS) is 37.5. The van der Waals surface area contributed by atoms with Gasteiger partial charge in [0.15, 0.2) is 5.79 Å². The highest BCUT2D eigenvalue weighted by Crippen LogP contribution is 2.27. The van der Waals surface area contributed by atoms with Crippen molar-refractivity contribution in [3.8, 4) is 0 Å². The Balaban J connectivity index is 2.24. The molecule has 2 atom stereocenters. The van der Waals surface area contributed by atoms with Gasteiger partial charge in [-0.3, -0.25) is 0 Å². The molecule has 0 aromatic heterocycles. The van der Waals surface area contributed by atoms with Gasteiger partial charge in [0.2, 0.25) is 0 Å². The van der Waals surface area contributed by atoms with Gasteiger partial charge in [-0.2, -0.15) is 0 Å². The largest absolute Gasteiger partial charge is 0.363 e. The fraction of sp³-hybridized carbons (Fsp3) is 0.750. The smallest absolute Gasteiger partial charge is 0.198 e. The van der Waals surface area contributed by atoms with Gasteiger partial charge in [-0.1, -0.05) is 6.08 Å². The van der Waals surface area contributed by atoms with Gasteiger partial charge in [0.1, 0.15) is 0 Å². The zero-order valence-corrected chi connectivity index (χ0v) is 6.75. The third kappa shape index (κ3) is 2.61. The Kier molecular flexibility index (Phi) is 2.65. The second-order valence-electron chi connectivity index (χ2n) is 3.05. The number of allylic oxidation sites excluding steroid dienone is 1. The van der Waals surface area contributed by atoms with E-state index in [0.717, 1.165) is 12.8 Å². The summed E-state index contributed by atoms with van der Waals surface area (Å²) in [5.41, 5.74) is 0. The molecule has 0 bridgehead atoms. The van der Waals surface area contributed by atoms with E-state index in [9.17, 15) is 5.11 Å². The van der Waals surface area contributed by atoms with Crippen LogP contribution in [-0.4, -0.2) is 17.0 Å². The van der Waals surface area contributed by atoms with Crippen LogP contribution in [0.1, 0.15) is 26.2 Å².